The molecule has 1 aliphatic rings. The highest BCUT2D eigenvalue weighted by molar-refractivity contribution is 6.01. The normalized spacial score (nSPS) is 15.1. The summed E-state index contributed by atoms with van der Waals surface area (Å²) < 4.78 is 1.75. The Morgan fingerprint density at radius 1 is 1.19 bits per heavy atom. The summed E-state index contributed by atoms with van der Waals surface area (Å²) >= 11 is 0. The van der Waals surface area contributed by atoms with Crippen molar-refractivity contribution in [2.75, 3.05) is 0 Å². The van der Waals surface area contributed by atoms with Gasteiger partial charge in [0.15, 0.2) is 0 Å². The van der Waals surface area contributed by atoms with Crippen LogP contribution in [0.3, 0.4) is 0 Å². The molecule has 0 atom stereocenters. The Labute approximate surface area is 157 Å². The first kappa shape index (κ1) is 18.5. The number of carboxylic acid groups (broad SMARTS) is 1. The summed E-state index contributed by atoms with van der Waals surface area (Å²) in [6.45, 7) is 0. The first-order valence-corrected chi connectivity index (χ1v) is 9.02. The average molecular weight is 363 g/mol. The van der Waals surface area contributed by atoms with Crippen LogP contribution in [-0.2, 0) is 4.79 Å². The Kier molecular flexibility index (Phi) is 5.72. The van der Waals surface area contributed by atoms with Crippen molar-refractivity contribution in [2.24, 2.45) is 0 Å². The molecule has 1 aliphatic carbocycles. The summed E-state index contributed by atoms with van der Waals surface area (Å²) in [6.07, 6.45) is 8.58. The fourth-order valence-electron chi connectivity index (χ4n) is 3.34. The third-order valence-electron chi connectivity index (χ3n) is 4.75. The van der Waals surface area contributed by atoms with Crippen LogP contribution in [0.25, 0.3) is 11.8 Å². The number of aromatic carboxylic acids is 1. The van der Waals surface area contributed by atoms with Gasteiger partial charge in [0, 0.05) is 23.6 Å². The van der Waals surface area contributed by atoms with Gasteiger partial charge in [0.25, 0.3) is 5.91 Å². The van der Waals surface area contributed by atoms with Crippen LogP contribution in [-0.4, -0.2) is 27.6 Å². The Balaban J connectivity index is 1.85. The van der Waals surface area contributed by atoms with Crippen molar-refractivity contribution in [3.8, 4) is 11.8 Å². The lowest BCUT2D eigenvalue weighted by atomic mass is 9.95. The molecule has 0 bridgehead atoms. The Morgan fingerprint density at radius 2 is 1.96 bits per heavy atom. The molecule has 0 radical (unpaired) electrons. The van der Waals surface area contributed by atoms with Crippen molar-refractivity contribution in [3.63, 3.8) is 0 Å². The lowest BCUT2D eigenvalue weighted by Crippen LogP contribution is -2.36. The molecule has 6 heteroatoms. The van der Waals surface area contributed by atoms with E-state index in [9.17, 15) is 20.0 Å². The van der Waals surface area contributed by atoms with E-state index < -0.39 is 5.97 Å². The molecule has 0 saturated heterocycles. The number of nitrogens with zero attached hydrogens (tertiary/aromatic N) is 2. The molecular weight excluding hydrogens is 342 g/mol. The second kappa shape index (κ2) is 8.37. The number of carboxylic acids is 1. The zero-order valence-corrected chi connectivity index (χ0v) is 14.9. The summed E-state index contributed by atoms with van der Waals surface area (Å²) in [5.41, 5.74) is 1.49. The monoisotopic (exact) mass is 363 g/mol. The van der Waals surface area contributed by atoms with Crippen molar-refractivity contribution in [1.29, 1.82) is 5.26 Å². The minimum atomic E-state index is -1.01. The first-order chi connectivity index (χ1) is 13.1. The largest absolute Gasteiger partial charge is 0.478 e. The van der Waals surface area contributed by atoms with E-state index in [2.05, 4.69) is 5.32 Å². The van der Waals surface area contributed by atoms with Crippen molar-refractivity contribution < 1.29 is 14.7 Å². The second-order valence-electron chi connectivity index (χ2n) is 6.64. The number of amides is 1. The van der Waals surface area contributed by atoms with Crippen LogP contribution in [0.15, 0.2) is 48.2 Å². The molecule has 27 heavy (non-hydrogen) atoms. The zero-order valence-electron chi connectivity index (χ0n) is 14.9. The third kappa shape index (κ3) is 4.45. The number of carbonyl (C=O) groups is 2. The van der Waals surface area contributed by atoms with E-state index in [1.807, 2.05) is 6.07 Å². The lowest BCUT2D eigenvalue weighted by Gasteiger charge is -2.22. The molecule has 3 rings (SSSR count). The number of hydrogen-bond acceptors (Lipinski definition) is 3. The smallest absolute Gasteiger partial charge is 0.335 e. The van der Waals surface area contributed by atoms with Crippen LogP contribution < -0.4 is 5.32 Å². The molecule has 2 N–H and O–H groups in total. The maximum atomic E-state index is 12.5. The van der Waals surface area contributed by atoms with E-state index in [1.165, 1.54) is 18.6 Å². The first-order valence-electron chi connectivity index (χ1n) is 9.02. The number of aromatic nitrogens is 1. The van der Waals surface area contributed by atoms with Gasteiger partial charge in [-0.25, -0.2) is 4.79 Å². The Bertz CT molecular complexity index is 915. The van der Waals surface area contributed by atoms with Crippen molar-refractivity contribution in [3.05, 3.63) is 59.4 Å². The van der Waals surface area contributed by atoms with Gasteiger partial charge in [-0.2, -0.15) is 5.26 Å². The van der Waals surface area contributed by atoms with Crippen LogP contribution in [0.2, 0.25) is 0 Å². The van der Waals surface area contributed by atoms with Crippen LogP contribution in [0.4, 0.5) is 0 Å². The van der Waals surface area contributed by atoms with Gasteiger partial charge >= 0.3 is 5.97 Å². The summed E-state index contributed by atoms with van der Waals surface area (Å²) in [6, 6.07) is 12.2. The van der Waals surface area contributed by atoms with Gasteiger partial charge in [-0.15, -0.1) is 0 Å². The molecule has 1 amide bonds. The van der Waals surface area contributed by atoms with Crippen molar-refractivity contribution in [2.45, 2.75) is 38.1 Å². The van der Waals surface area contributed by atoms with Gasteiger partial charge in [-0.1, -0.05) is 25.3 Å². The van der Waals surface area contributed by atoms with E-state index in [-0.39, 0.29) is 23.1 Å². The third-order valence-corrected chi connectivity index (χ3v) is 4.75. The molecule has 1 fully saturated rings. The van der Waals surface area contributed by atoms with Crippen LogP contribution in [0.5, 0.6) is 0 Å². The van der Waals surface area contributed by atoms with E-state index in [0.717, 1.165) is 25.7 Å². The van der Waals surface area contributed by atoms with E-state index in [0.29, 0.717) is 11.4 Å². The number of benzene rings is 1. The maximum Gasteiger partial charge on any atom is 0.335 e. The number of nitriles is 1. The highest BCUT2D eigenvalue weighted by atomic mass is 16.4. The topological polar surface area (TPSA) is 95.1 Å². The van der Waals surface area contributed by atoms with Gasteiger partial charge in [-0.05, 0) is 49.2 Å². The summed E-state index contributed by atoms with van der Waals surface area (Å²) in [4.78, 5) is 23.7. The highest BCUT2D eigenvalue weighted by Gasteiger charge is 2.18. The molecule has 1 heterocycles. The molecule has 2 aromatic rings. The molecule has 1 aromatic heterocycles. The number of carbonyl (C=O) groups excluding carboxylic acids is 1. The molecule has 1 saturated carbocycles. The van der Waals surface area contributed by atoms with Crippen LogP contribution >= 0.6 is 0 Å². The fourth-order valence-corrected chi connectivity index (χ4v) is 3.34. The van der Waals surface area contributed by atoms with Gasteiger partial charge in [0.1, 0.15) is 11.6 Å². The van der Waals surface area contributed by atoms with Gasteiger partial charge in [-0.3, -0.25) is 4.79 Å². The minimum Gasteiger partial charge on any atom is -0.478 e. The minimum absolute atomic E-state index is 0.0370. The van der Waals surface area contributed by atoms with E-state index in [4.69, 9.17) is 0 Å². The lowest BCUT2D eigenvalue weighted by molar-refractivity contribution is -0.117. The standard InChI is InChI=1S/C21H21N3O3/c22-14-16(20(25)23-17-7-2-1-3-8-17)13-19-10-5-11-24(19)18-9-4-6-15(12-18)21(26)27/h4-6,9-13,17H,1-3,7-8H2,(H,23,25)(H,26,27)/b16-13-. The maximum absolute atomic E-state index is 12.5. The van der Waals surface area contributed by atoms with E-state index >= 15 is 0 Å². The molecule has 0 spiro atoms. The quantitative estimate of drug-likeness (QED) is 0.627. The predicted molar refractivity (Wildman–Crippen MR) is 101 cm³/mol. The SMILES string of the molecule is N#C/C(=C/c1cccn1-c1cccc(C(=O)O)c1)C(=O)NC1CCCCC1. The van der Waals surface area contributed by atoms with Crippen LogP contribution in [0.1, 0.15) is 48.2 Å². The summed E-state index contributed by atoms with van der Waals surface area (Å²) in [5, 5.41) is 21.6. The molecule has 138 valence electrons. The number of nitrogens with one attached hydrogen (secondary N) is 1. The summed E-state index contributed by atoms with van der Waals surface area (Å²) in [5.74, 6) is -1.37. The van der Waals surface area contributed by atoms with Crippen molar-refractivity contribution in [1.82, 2.24) is 9.88 Å². The van der Waals surface area contributed by atoms with E-state index in [1.54, 1.807) is 41.1 Å². The van der Waals surface area contributed by atoms with Gasteiger partial charge < -0.3 is 15.0 Å². The second-order valence-corrected chi connectivity index (χ2v) is 6.64. The molecule has 6 nitrogen and oxygen atoms in total. The summed E-state index contributed by atoms with van der Waals surface area (Å²) in [7, 11) is 0. The highest BCUT2D eigenvalue weighted by Crippen LogP contribution is 2.19. The van der Waals surface area contributed by atoms with Crippen LogP contribution in [0, 0.1) is 11.3 Å². The number of rotatable bonds is 5. The van der Waals surface area contributed by atoms with Gasteiger partial charge in [0.2, 0.25) is 0 Å². The molecular formula is C21H21N3O3. The number of hydrogen-bond donors (Lipinski definition) is 2. The molecule has 0 unspecified atom stereocenters. The van der Waals surface area contributed by atoms with Crippen molar-refractivity contribution >= 4 is 18.0 Å². The Hall–Kier alpha value is -3.33. The fraction of sp³-hybridized carbons (Fsp3) is 0.286. The predicted octanol–water partition coefficient (Wildman–Crippen LogP) is 3.53. The van der Waals surface area contributed by atoms with Gasteiger partial charge in [0.05, 0.1) is 5.56 Å². The molecule has 1 aromatic carbocycles. The average Bonchev–Trinajstić information content (AvgIpc) is 3.15. The Morgan fingerprint density at radius 3 is 2.67 bits per heavy atom. The zero-order chi connectivity index (χ0) is 19.2. The molecule has 0 aliphatic heterocycles.